The molecular weight excluding hydrogens is 273 g/mol. The van der Waals surface area contributed by atoms with Crippen molar-refractivity contribution < 1.29 is 9.18 Å². The van der Waals surface area contributed by atoms with Crippen LogP contribution in [0.25, 0.3) is 0 Å². The molecule has 1 amide bonds. The van der Waals surface area contributed by atoms with Crippen molar-refractivity contribution in [3.05, 3.63) is 46.7 Å². The Hall–Kier alpha value is -1.16. The third kappa shape index (κ3) is 3.45. The van der Waals surface area contributed by atoms with Gasteiger partial charge < -0.3 is 4.90 Å². The predicted octanol–water partition coefficient (Wildman–Crippen LogP) is 3.12. The highest BCUT2D eigenvalue weighted by atomic mass is 79.9. The smallest absolute Gasteiger partial charge is 0.220 e. The Labute approximate surface area is 103 Å². The number of benzene rings is 1. The normalized spacial score (nSPS) is 9.94. The number of carbonyl (C=O) groups excluding carboxylic acids is 1. The monoisotopic (exact) mass is 285 g/mol. The second-order valence-corrected chi connectivity index (χ2v) is 4.34. The van der Waals surface area contributed by atoms with Gasteiger partial charge in [-0.15, -0.1) is 6.58 Å². The quantitative estimate of drug-likeness (QED) is 0.779. The summed E-state index contributed by atoms with van der Waals surface area (Å²) in [6.45, 7) is 5.70. The minimum atomic E-state index is -0.307. The topological polar surface area (TPSA) is 20.3 Å². The summed E-state index contributed by atoms with van der Waals surface area (Å²) in [4.78, 5) is 12.8. The molecule has 0 aliphatic heterocycles. The Kier molecular flexibility index (Phi) is 4.68. The first-order chi connectivity index (χ1) is 7.54. The molecule has 1 aromatic rings. The molecule has 0 aromatic heterocycles. The van der Waals surface area contributed by atoms with Crippen LogP contribution in [0.1, 0.15) is 12.5 Å². The van der Waals surface area contributed by atoms with Gasteiger partial charge in [-0.1, -0.05) is 22.0 Å². The van der Waals surface area contributed by atoms with Gasteiger partial charge in [-0.25, -0.2) is 4.39 Å². The van der Waals surface area contributed by atoms with Gasteiger partial charge in [0.25, 0.3) is 0 Å². The highest BCUT2D eigenvalue weighted by Gasteiger charge is 2.10. The zero-order valence-electron chi connectivity index (χ0n) is 9.04. The molecule has 0 atom stereocenters. The Bertz CT molecular complexity index is 406. The van der Waals surface area contributed by atoms with Crippen LogP contribution in [-0.2, 0) is 11.3 Å². The van der Waals surface area contributed by atoms with Gasteiger partial charge >= 0.3 is 0 Å². The van der Waals surface area contributed by atoms with Gasteiger partial charge in [-0.05, 0) is 18.2 Å². The molecule has 0 bridgehead atoms. The van der Waals surface area contributed by atoms with Gasteiger partial charge in [0.05, 0.1) is 0 Å². The number of nitrogens with zero attached hydrogens (tertiary/aromatic N) is 1. The van der Waals surface area contributed by atoms with E-state index in [0.29, 0.717) is 12.1 Å². The van der Waals surface area contributed by atoms with Crippen molar-refractivity contribution in [3.8, 4) is 0 Å². The van der Waals surface area contributed by atoms with Crippen LogP contribution in [-0.4, -0.2) is 17.4 Å². The van der Waals surface area contributed by atoms with Crippen LogP contribution in [0.15, 0.2) is 35.3 Å². The molecule has 0 saturated heterocycles. The summed E-state index contributed by atoms with van der Waals surface area (Å²) in [5.74, 6) is -0.405. The van der Waals surface area contributed by atoms with E-state index in [1.54, 1.807) is 18.2 Å². The van der Waals surface area contributed by atoms with Crippen LogP contribution in [0.3, 0.4) is 0 Å². The fourth-order valence-electron chi connectivity index (χ4n) is 1.33. The summed E-state index contributed by atoms with van der Waals surface area (Å²) >= 11 is 3.27. The summed E-state index contributed by atoms with van der Waals surface area (Å²) in [6, 6.07) is 4.68. The summed E-state index contributed by atoms with van der Waals surface area (Å²) in [7, 11) is 0. The van der Waals surface area contributed by atoms with Crippen molar-refractivity contribution in [1.29, 1.82) is 0 Å². The zero-order valence-corrected chi connectivity index (χ0v) is 10.6. The van der Waals surface area contributed by atoms with E-state index in [0.717, 1.165) is 4.47 Å². The predicted molar refractivity (Wildman–Crippen MR) is 65.4 cm³/mol. The minimum Gasteiger partial charge on any atom is -0.335 e. The first kappa shape index (κ1) is 12.9. The van der Waals surface area contributed by atoms with Crippen molar-refractivity contribution in [2.24, 2.45) is 0 Å². The molecule has 0 fully saturated rings. The lowest BCUT2D eigenvalue weighted by Gasteiger charge is -2.19. The van der Waals surface area contributed by atoms with Crippen LogP contribution in [0.2, 0.25) is 0 Å². The lowest BCUT2D eigenvalue weighted by Crippen LogP contribution is -2.28. The SMILES string of the molecule is C=CCN(Cc1cc(Br)ccc1F)C(C)=O. The highest BCUT2D eigenvalue weighted by molar-refractivity contribution is 9.10. The molecule has 0 N–H and O–H groups in total. The van der Waals surface area contributed by atoms with E-state index in [1.165, 1.54) is 17.9 Å². The first-order valence-corrected chi connectivity index (χ1v) is 5.64. The molecule has 0 unspecified atom stereocenters. The van der Waals surface area contributed by atoms with Crippen LogP contribution in [0, 0.1) is 5.82 Å². The molecule has 86 valence electrons. The maximum atomic E-state index is 13.4. The zero-order chi connectivity index (χ0) is 12.1. The lowest BCUT2D eigenvalue weighted by molar-refractivity contribution is -0.128. The van der Waals surface area contributed by atoms with Gasteiger partial charge in [0.1, 0.15) is 5.82 Å². The summed E-state index contributed by atoms with van der Waals surface area (Å²) in [5.41, 5.74) is 0.492. The molecule has 0 aliphatic rings. The van der Waals surface area contributed by atoms with Crippen LogP contribution in [0.5, 0.6) is 0 Å². The Morgan fingerprint density at radius 3 is 2.88 bits per heavy atom. The average molecular weight is 286 g/mol. The molecule has 2 nitrogen and oxygen atoms in total. The molecule has 0 aliphatic carbocycles. The largest absolute Gasteiger partial charge is 0.335 e. The molecule has 0 spiro atoms. The average Bonchev–Trinajstić information content (AvgIpc) is 2.22. The number of hydrogen-bond acceptors (Lipinski definition) is 1. The van der Waals surface area contributed by atoms with Gasteiger partial charge in [-0.2, -0.15) is 0 Å². The molecule has 0 heterocycles. The molecule has 16 heavy (non-hydrogen) atoms. The fraction of sp³-hybridized carbons (Fsp3) is 0.250. The molecule has 0 saturated carbocycles. The molecule has 1 aromatic carbocycles. The van der Waals surface area contributed by atoms with Gasteiger partial charge in [0.2, 0.25) is 5.91 Å². The van der Waals surface area contributed by atoms with Crippen LogP contribution < -0.4 is 0 Å². The number of hydrogen-bond donors (Lipinski definition) is 0. The number of rotatable bonds is 4. The van der Waals surface area contributed by atoms with Gasteiger partial charge in [0, 0.05) is 30.0 Å². The number of amides is 1. The first-order valence-electron chi connectivity index (χ1n) is 4.85. The Morgan fingerprint density at radius 2 is 2.31 bits per heavy atom. The molecular formula is C12H13BrFNO. The van der Waals surface area contributed by atoms with Gasteiger partial charge in [-0.3, -0.25) is 4.79 Å². The summed E-state index contributed by atoms with van der Waals surface area (Å²) in [5, 5.41) is 0. The number of halogens is 2. The van der Waals surface area contributed by atoms with E-state index in [2.05, 4.69) is 22.5 Å². The standard InChI is InChI=1S/C12H13BrFNO/c1-3-6-15(9(2)16)8-10-7-11(13)4-5-12(10)14/h3-5,7H,1,6,8H2,2H3. The second-order valence-electron chi connectivity index (χ2n) is 3.42. The van der Waals surface area contributed by atoms with Crippen molar-refractivity contribution >= 4 is 21.8 Å². The van der Waals surface area contributed by atoms with E-state index < -0.39 is 0 Å². The Morgan fingerprint density at radius 1 is 1.62 bits per heavy atom. The minimum absolute atomic E-state index is 0.0979. The van der Waals surface area contributed by atoms with Crippen molar-refractivity contribution in [2.45, 2.75) is 13.5 Å². The fourth-order valence-corrected chi connectivity index (χ4v) is 1.74. The maximum Gasteiger partial charge on any atom is 0.220 e. The third-order valence-electron chi connectivity index (χ3n) is 2.16. The molecule has 0 radical (unpaired) electrons. The van der Waals surface area contributed by atoms with Crippen molar-refractivity contribution in [1.82, 2.24) is 4.90 Å². The van der Waals surface area contributed by atoms with Crippen molar-refractivity contribution in [3.63, 3.8) is 0 Å². The van der Waals surface area contributed by atoms with Crippen LogP contribution in [0.4, 0.5) is 4.39 Å². The van der Waals surface area contributed by atoms with E-state index in [-0.39, 0.29) is 18.3 Å². The Balaban J connectivity index is 2.88. The number of carbonyl (C=O) groups is 1. The van der Waals surface area contributed by atoms with Gasteiger partial charge in [0.15, 0.2) is 0 Å². The van der Waals surface area contributed by atoms with E-state index in [4.69, 9.17) is 0 Å². The highest BCUT2D eigenvalue weighted by Crippen LogP contribution is 2.17. The van der Waals surface area contributed by atoms with Crippen LogP contribution >= 0.6 is 15.9 Å². The molecule has 1 rings (SSSR count). The van der Waals surface area contributed by atoms with E-state index in [9.17, 15) is 9.18 Å². The summed E-state index contributed by atoms with van der Waals surface area (Å²) in [6.07, 6.45) is 1.62. The van der Waals surface area contributed by atoms with E-state index in [1.807, 2.05) is 0 Å². The third-order valence-corrected chi connectivity index (χ3v) is 2.66. The molecule has 4 heteroatoms. The second kappa shape index (κ2) is 5.80. The van der Waals surface area contributed by atoms with Crippen molar-refractivity contribution in [2.75, 3.05) is 6.54 Å². The maximum absolute atomic E-state index is 13.4. The lowest BCUT2D eigenvalue weighted by atomic mass is 10.2. The van der Waals surface area contributed by atoms with E-state index >= 15 is 0 Å². The summed E-state index contributed by atoms with van der Waals surface area (Å²) < 4.78 is 14.2.